The lowest BCUT2D eigenvalue weighted by atomic mass is 9.95. The Kier molecular flexibility index (Phi) is 7.07. The lowest BCUT2D eigenvalue weighted by molar-refractivity contribution is -0.137. The third kappa shape index (κ3) is 4.64. The molecule has 0 spiro atoms. The first kappa shape index (κ1) is 22.2. The van der Waals surface area contributed by atoms with Gasteiger partial charge >= 0.3 is 0 Å². The molecule has 2 aliphatic rings. The number of nitrogens with zero attached hydrogens (tertiary/aromatic N) is 3. The molecule has 0 aliphatic carbocycles. The van der Waals surface area contributed by atoms with E-state index in [1.165, 1.54) is 7.11 Å². The first-order valence-corrected chi connectivity index (χ1v) is 10.4. The van der Waals surface area contributed by atoms with E-state index in [2.05, 4.69) is 19.0 Å². The topological polar surface area (TPSA) is 71.6 Å². The highest BCUT2D eigenvalue weighted by Crippen LogP contribution is 2.42. The molecule has 166 valence electrons. The minimum Gasteiger partial charge on any atom is -0.493 e. The normalized spacial score (nSPS) is 20.1. The van der Waals surface area contributed by atoms with E-state index < -0.39 is 0 Å². The van der Waals surface area contributed by atoms with Crippen LogP contribution in [0.3, 0.4) is 0 Å². The van der Waals surface area contributed by atoms with Crippen LogP contribution in [0.4, 0.5) is 5.69 Å². The fraction of sp³-hybridized carbons (Fsp3) is 0.636. The van der Waals surface area contributed by atoms with Crippen molar-refractivity contribution in [3.63, 3.8) is 0 Å². The van der Waals surface area contributed by atoms with E-state index in [-0.39, 0.29) is 24.2 Å². The van der Waals surface area contributed by atoms with Crippen molar-refractivity contribution in [3.8, 4) is 17.2 Å². The fourth-order valence-corrected chi connectivity index (χ4v) is 4.46. The van der Waals surface area contributed by atoms with Crippen LogP contribution >= 0.6 is 0 Å². The molecule has 0 unspecified atom stereocenters. The predicted molar refractivity (Wildman–Crippen MR) is 114 cm³/mol. The van der Waals surface area contributed by atoms with Crippen molar-refractivity contribution < 1.29 is 23.8 Å². The Labute approximate surface area is 178 Å². The van der Waals surface area contributed by atoms with Gasteiger partial charge in [0.15, 0.2) is 11.5 Å². The minimum atomic E-state index is -0.318. The van der Waals surface area contributed by atoms with Crippen molar-refractivity contribution in [2.45, 2.75) is 19.3 Å². The van der Waals surface area contributed by atoms with Crippen molar-refractivity contribution in [1.82, 2.24) is 9.80 Å². The van der Waals surface area contributed by atoms with Crippen LogP contribution in [0.25, 0.3) is 0 Å². The van der Waals surface area contributed by atoms with Crippen LogP contribution in [0.15, 0.2) is 12.1 Å². The van der Waals surface area contributed by atoms with Crippen LogP contribution in [-0.2, 0) is 9.59 Å². The summed E-state index contributed by atoms with van der Waals surface area (Å²) in [5.74, 6) is 1.78. The average Bonchev–Trinajstić information content (AvgIpc) is 3.13. The van der Waals surface area contributed by atoms with Crippen LogP contribution in [0.1, 0.15) is 19.3 Å². The number of anilines is 1. The van der Waals surface area contributed by atoms with Crippen LogP contribution < -0.4 is 19.1 Å². The molecule has 1 aromatic rings. The number of hydrogen-bond acceptors (Lipinski definition) is 6. The number of piperidine rings is 1. The van der Waals surface area contributed by atoms with E-state index in [1.807, 2.05) is 4.90 Å². The summed E-state index contributed by atoms with van der Waals surface area (Å²) in [6.45, 7) is 2.96. The Morgan fingerprint density at radius 3 is 2.17 bits per heavy atom. The summed E-state index contributed by atoms with van der Waals surface area (Å²) in [4.78, 5) is 31.6. The molecule has 1 aromatic carbocycles. The highest BCUT2D eigenvalue weighted by Gasteiger charge is 2.38. The molecule has 2 heterocycles. The van der Waals surface area contributed by atoms with Crippen LogP contribution in [0.5, 0.6) is 17.2 Å². The van der Waals surface area contributed by atoms with E-state index in [1.54, 1.807) is 31.3 Å². The van der Waals surface area contributed by atoms with Gasteiger partial charge in [0.1, 0.15) is 0 Å². The quantitative estimate of drug-likeness (QED) is 0.672. The second kappa shape index (κ2) is 9.55. The summed E-state index contributed by atoms with van der Waals surface area (Å²) in [5.41, 5.74) is 0.648. The molecular weight excluding hydrogens is 386 g/mol. The number of carbonyl (C=O) groups is 2. The highest BCUT2D eigenvalue weighted by atomic mass is 16.5. The Morgan fingerprint density at radius 1 is 1.07 bits per heavy atom. The molecule has 2 fully saturated rings. The molecule has 30 heavy (non-hydrogen) atoms. The van der Waals surface area contributed by atoms with Crippen molar-refractivity contribution in [2.24, 2.45) is 11.8 Å². The number of likely N-dealkylation sites (tertiary alicyclic amines) is 1. The van der Waals surface area contributed by atoms with E-state index in [9.17, 15) is 9.59 Å². The molecule has 0 bridgehead atoms. The summed E-state index contributed by atoms with van der Waals surface area (Å²) < 4.78 is 16.2. The standard InChI is InChI=1S/C22H33N3O5/c1-23(2)13-15-6-8-24(9-7-15)22(27)16-10-20(26)25(14-16)17-11-18(28-3)21(30-5)19(12-17)29-4/h11-12,15-16H,6-10,13-14H2,1-5H3/t16-/m1/s1. The fourth-order valence-electron chi connectivity index (χ4n) is 4.46. The molecule has 0 N–H and O–H groups in total. The zero-order valence-corrected chi connectivity index (χ0v) is 18.6. The second-order valence-corrected chi connectivity index (χ2v) is 8.32. The molecule has 2 aliphatic heterocycles. The van der Waals surface area contributed by atoms with Crippen molar-refractivity contribution in [2.75, 3.05) is 66.5 Å². The van der Waals surface area contributed by atoms with Gasteiger partial charge in [0.25, 0.3) is 0 Å². The van der Waals surface area contributed by atoms with E-state index in [0.717, 1.165) is 32.5 Å². The first-order valence-electron chi connectivity index (χ1n) is 10.4. The van der Waals surface area contributed by atoms with Crippen molar-refractivity contribution in [3.05, 3.63) is 12.1 Å². The zero-order chi connectivity index (χ0) is 21.8. The van der Waals surface area contributed by atoms with Crippen LogP contribution in [0, 0.1) is 11.8 Å². The third-order valence-electron chi connectivity index (χ3n) is 5.98. The number of amides is 2. The zero-order valence-electron chi connectivity index (χ0n) is 18.6. The Hall–Kier alpha value is -2.48. The van der Waals surface area contributed by atoms with E-state index in [0.29, 0.717) is 35.4 Å². The van der Waals surface area contributed by atoms with E-state index in [4.69, 9.17) is 14.2 Å². The average molecular weight is 420 g/mol. The van der Waals surface area contributed by atoms with Gasteiger partial charge in [-0.2, -0.15) is 0 Å². The maximum atomic E-state index is 13.1. The molecule has 8 heteroatoms. The van der Waals surface area contributed by atoms with Gasteiger partial charge < -0.3 is 28.9 Å². The van der Waals surface area contributed by atoms with Gasteiger partial charge in [-0.25, -0.2) is 0 Å². The summed E-state index contributed by atoms with van der Waals surface area (Å²) in [6.07, 6.45) is 2.26. The lowest BCUT2D eigenvalue weighted by Crippen LogP contribution is -2.43. The largest absolute Gasteiger partial charge is 0.493 e. The molecule has 1 atom stereocenters. The molecule has 0 aromatic heterocycles. The molecule has 0 radical (unpaired) electrons. The smallest absolute Gasteiger partial charge is 0.228 e. The minimum absolute atomic E-state index is 0.0647. The van der Waals surface area contributed by atoms with Gasteiger partial charge in [-0.3, -0.25) is 9.59 Å². The first-order chi connectivity index (χ1) is 14.4. The monoisotopic (exact) mass is 419 g/mol. The number of rotatable bonds is 7. The maximum Gasteiger partial charge on any atom is 0.228 e. The maximum absolute atomic E-state index is 13.1. The summed E-state index contributed by atoms with van der Waals surface area (Å²) in [5, 5.41) is 0. The number of methoxy groups -OCH3 is 3. The summed E-state index contributed by atoms with van der Waals surface area (Å²) >= 11 is 0. The van der Waals surface area contributed by atoms with Gasteiger partial charge in [0, 0.05) is 44.7 Å². The van der Waals surface area contributed by atoms with Gasteiger partial charge in [-0.05, 0) is 32.9 Å². The number of ether oxygens (including phenoxy) is 3. The van der Waals surface area contributed by atoms with E-state index >= 15 is 0 Å². The Balaban J connectivity index is 1.69. The number of carbonyl (C=O) groups excluding carboxylic acids is 2. The van der Waals surface area contributed by atoms with Gasteiger partial charge in [0.2, 0.25) is 17.6 Å². The van der Waals surface area contributed by atoms with Gasteiger partial charge in [0.05, 0.1) is 32.9 Å². The number of hydrogen-bond donors (Lipinski definition) is 0. The number of benzene rings is 1. The van der Waals surface area contributed by atoms with Crippen molar-refractivity contribution in [1.29, 1.82) is 0 Å². The molecule has 3 rings (SSSR count). The Bertz CT molecular complexity index is 749. The lowest BCUT2D eigenvalue weighted by Gasteiger charge is -2.34. The van der Waals surface area contributed by atoms with Gasteiger partial charge in [-0.1, -0.05) is 0 Å². The van der Waals surface area contributed by atoms with Crippen molar-refractivity contribution >= 4 is 17.5 Å². The van der Waals surface area contributed by atoms with Crippen LogP contribution in [-0.4, -0.2) is 83.2 Å². The molecule has 2 saturated heterocycles. The summed E-state index contributed by atoms with van der Waals surface area (Å²) in [7, 11) is 8.79. The SMILES string of the molecule is COc1cc(N2C[C@H](C(=O)N3CCC(CN(C)C)CC3)CC2=O)cc(OC)c1OC. The molecule has 2 amide bonds. The Morgan fingerprint density at radius 2 is 1.67 bits per heavy atom. The third-order valence-corrected chi connectivity index (χ3v) is 5.98. The predicted octanol–water partition coefficient (Wildman–Crippen LogP) is 1.87. The summed E-state index contributed by atoms with van der Waals surface area (Å²) in [6, 6.07) is 3.50. The van der Waals surface area contributed by atoms with Gasteiger partial charge in [-0.15, -0.1) is 0 Å². The highest BCUT2D eigenvalue weighted by molar-refractivity contribution is 6.00. The van der Waals surface area contributed by atoms with Crippen LogP contribution in [0.2, 0.25) is 0 Å². The second-order valence-electron chi connectivity index (χ2n) is 8.32. The molecular formula is C22H33N3O5. The molecule has 0 saturated carbocycles. The molecule has 8 nitrogen and oxygen atoms in total.